The Bertz CT molecular complexity index is 421. The molecule has 0 amide bonds. The highest BCUT2D eigenvalue weighted by Crippen LogP contribution is 2.12. The number of rotatable bonds is 7. The maximum Gasteiger partial charge on any atom is 0.307 e. The van der Waals surface area contributed by atoms with Gasteiger partial charge in [-0.15, -0.1) is 0 Å². The molecular weight excluding hydrogens is 245 g/mol. The molecule has 1 unspecified atom stereocenters. The Morgan fingerprint density at radius 3 is 2.79 bits per heavy atom. The topological polar surface area (TPSA) is 38.3 Å². The van der Waals surface area contributed by atoms with Crippen molar-refractivity contribution in [3.8, 4) is 0 Å². The van der Waals surface area contributed by atoms with Crippen LogP contribution in [0.2, 0.25) is 0 Å². The summed E-state index contributed by atoms with van der Waals surface area (Å²) >= 11 is 0. The molecule has 19 heavy (non-hydrogen) atoms. The van der Waals surface area contributed by atoms with Crippen molar-refractivity contribution in [2.24, 2.45) is 0 Å². The molecule has 1 rings (SSSR count). The van der Waals surface area contributed by atoms with E-state index in [9.17, 15) is 9.18 Å². The van der Waals surface area contributed by atoms with E-state index in [1.165, 1.54) is 13.2 Å². The molecule has 0 aliphatic rings. The molecule has 0 heterocycles. The normalized spacial score (nSPS) is 12.2. The SMILES string of the molecule is CCCNC(CC(=O)OC)Cc1ccc(F)c(C)c1. The zero-order chi connectivity index (χ0) is 14.3. The van der Waals surface area contributed by atoms with E-state index in [-0.39, 0.29) is 17.8 Å². The number of carbonyl (C=O) groups is 1. The van der Waals surface area contributed by atoms with Gasteiger partial charge in [-0.3, -0.25) is 4.79 Å². The number of benzene rings is 1. The summed E-state index contributed by atoms with van der Waals surface area (Å²) in [5, 5.41) is 3.32. The van der Waals surface area contributed by atoms with Crippen molar-refractivity contribution in [3.05, 3.63) is 35.1 Å². The minimum atomic E-state index is -0.229. The predicted octanol–water partition coefficient (Wildman–Crippen LogP) is 2.61. The van der Waals surface area contributed by atoms with Gasteiger partial charge in [0.05, 0.1) is 13.5 Å². The van der Waals surface area contributed by atoms with Gasteiger partial charge in [-0.05, 0) is 43.5 Å². The molecule has 0 aliphatic heterocycles. The monoisotopic (exact) mass is 267 g/mol. The number of hydrogen-bond acceptors (Lipinski definition) is 3. The van der Waals surface area contributed by atoms with Crippen LogP contribution < -0.4 is 5.32 Å². The summed E-state index contributed by atoms with van der Waals surface area (Å²) in [6.45, 7) is 4.67. The number of methoxy groups -OCH3 is 1. The second-order valence-electron chi connectivity index (χ2n) is 4.72. The van der Waals surface area contributed by atoms with E-state index in [0.717, 1.165) is 18.5 Å². The van der Waals surface area contributed by atoms with E-state index in [0.29, 0.717) is 18.4 Å². The second-order valence-corrected chi connectivity index (χ2v) is 4.72. The van der Waals surface area contributed by atoms with Crippen LogP contribution in [0.1, 0.15) is 30.9 Å². The van der Waals surface area contributed by atoms with Crippen LogP contribution in [-0.2, 0) is 16.0 Å². The number of nitrogens with one attached hydrogen (secondary N) is 1. The summed E-state index contributed by atoms with van der Waals surface area (Å²) < 4.78 is 17.9. The van der Waals surface area contributed by atoms with E-state index in [4.69, 9.17) is 4.74 Å². The highest BCUT2D eigenvalue weighted by atomic mass is 19.1. The Labute approximate surface area is 114 Å². The Morgan fingerprint density at radius 1 is 1.47 bits per heavy atom. The Morgan fingerprint density at radius 2 is 2.21 bits per heavy atom. The van der Waals surface area contributed by atoms with Crippen molar-refractivity contribution in [2.75, 3.05) is 13.7 Å². The maximum absolute atomic E-state index is 13.2. The molecule has 1 atom stereocenters. The first kappa shape index (κ1) is 15.6. The van der Waals surface area contributed by atoms with Crippen molar-refractivity contribution in [2.45, 2.75) is 39.2 Å². The average Bonchev–Trinajstić information content (AvgIpc) is 2.40. The lowest BCUT2D eigenvalue weighted by Gasteiger charge is -2.17. The van der Waals surface area contributed by atoms with Gasteiger partial charge in [0.25, 0.3) is 0 Å². The lowest BCUT2D eigenvalue weighted by Crippen LogP contribution is -2.34. The van der Waals surface area contributed by atoms with Crippen LogP contribution in [0.4, 0.5) is 4.39 Å². The fourth-order valence-electron chi connectivity index (χ4n) is 1.97. The fraction of sp³-hybridized carbons (Fsp3) is 0.533. The largest absolute Gasteiger partial charge is 0.469 e. The van der Waals surface area contributed by atoms with E-state index in [1.54, 1.807) is 13.0 Å². The van der Waals surface area contributed by atoms with Gasteiger partial charge in [-0.2, -0.15) is 0 Å². The minimum absolute atomic E-state index is 0.0252. The number of esters is 1. The standard InChI is InChI=1S/C15H22FNO2/c1-4-7-17-13(10-15(18)19-3)9-12-5-6-14(16)11(2)8-12/h5-6,8,13,17H,4,7,9-10H2,1-3H3. The molecule has 1 aromatic rings. The molecule has 1 aromatic carbocycles. The van der Waals surface area contributed by atoms with E-state index >= 15 is 0 Å². The molecule has 0 radical (unpaired) electrons. The van der Waals surface area contributed by atoms with Gasteiger partial charge in [0.2, 0.25) is 0 Å². The van der Waals surface area contributed by atoms with Gasteiger partial charge in [0, 0.05) is 6.04 Å². The Balaban J connectivity index is 2.69. The van der Waals surface area contributed by atoms with Crippen LogP contribution in [0, 0.1) is 12.7 Å². The van der Waals surface area contributed by atoms with E-state index in [2.05, 4.69) is 12.2 Å². The van der Waals surface area contributed by atoms with Crippen LogP contribution in [0.25, 0.3) is 0 Å². The van der Waals surface area contributed by atoms with Gasteiger partial charge in [-0.25, -0.2) is 4.39 Å². The average molecular weight is 267 g/mol. The van der Waals surface area contributed by atoms with Gasteiger partial charge in [0.1, 0.15) is 5.82 Å². The van der Waals surface area contributed by atoms with Crippen molar-refractivity contribution >= 4 is 5.97 Å². The minimum Gasteiger partial charge on any atom is -0.469 e. The highest BCUT2D eigenvalue weighted by molar-refractivity contribution is 5.70. The molecule has 0 saturated carbocycles. The van der Waals surface area contributed by atoms with Crippen LogP contribution in [0.15, 0.2) is 18.2 Å². The number of aryl methyl sites for hydroxylation is 1. The number of halogens is 1. The summed E-state index contributed by atoms with van der Waals surface area (Å²) in [6.07, 6.45) is 2.02. The van der Waals surface area contributed by atoms with Gasteiger partial charge in [-0.1, -0.05) is 19.1 Å². The molecular formula is C15H22FNO2. The summed E-state index contributed by atoms with van der Waals surface area (Å²) in [7, 11) is 1.39. The van der Waals surface area contributed by atoms with Gasteiger partial charge < -0.3 is 10.1 Å². The maximum atomic E-state index is 13.2. The molecule has 0 aliphatic carbocycles. The molecule has 3 nitrogen and oxygen atoms in total. The lowest BCUT2D eigenvalue weighted by molar-refractivity contribution is -0.141. The molecule has 1 N–H and O–H groups in total. The molecule has 0 saturated heterocycles. The fourth-order valence-corrected chi connectivity index (χ4v) is 1.97. The highest BCUT2D eigenvalue weighted by Gasteiger charge is 2.14. The quantitative estimate of drug-likeness (QED) is 0.772. The van der Waals surface area contributed by atoms with Crippen LogP contribution in [-0.4, -0.2) is 25.7 Å². The second kappa shape index (κ2) is 7.89. The number of hydrogen-bond donors (Lipinski definition) is 1. The first-order chi connectivity index (χ1) is 9.06. The van der Waals surface area contributed by atoms with Gasteiger partial charge >= 0.3 is 5.97 Å². The molecule has 0 bridgehead atoms. The molecule has 106 valence electrons. The third-order valence-corrected chi connectivity index (χ3v) is 3.03. The Hall–Kier alpha value is -1.42. The van der Waals surface area contributed by atoms with Crippen LogP contribution in [0.5, 0.6) is 0 Å². The van der Waals surface area contributed by atoms with Crippen molar-refractivity contribution < 1.29 is 13.9 Å². The summed E-state index contributed by atoms with van der Waals surface area (Å²) in [5.41, 5.74) is 1.65. The smallest absolute Gasteiger partial charge is 0.307 e. The molecule has 0 aromatic heterocycles. The predicted molar refractivity (Wildman–Crippen MR) is 73.6 cm³/mol. The van der Waals surface area contributed by atoms with Crippen LogP contribution in [0.3, 0.4) is 0 Å². The summed E-state index contributed by atoms with van der Waals surface area (Å²) in [6, 6.07) is 5.09. The van der Waals surface area contributed by atoms with E-state index in [1.807, 2.05) is 6.07 Å². The summed E-state index contributed by atoms with van der Waals surface area (Å²) in [4.78, 5) is 11.4. The third-order valence-electron chi connectivity index (χ3n) is 3.03. The van der Waals surface area contributed by atoms with Crippen molar-refractivity contribution in [3.63, 3.8) is 0 Å². The van der Waals surface area contributed by atoms with Crippen LogP contribution >= 0.6 is 0 Å². The Kier molecular flexibility index (Phi) is 6.50. The third kappa shape index (κ3) is 5.39. The first-order valence-electron chi connectivity index (χ1n) is 6.62. The molecule has 0 spiro atoms. The van der Waals surface area contributed by atoms with Crippen molar-refractivity contribution in [1.29, 1.82) is 0 Å². The first-order valence-corrected chi connectivity index (χ1v) is 6.62. The summed E-state index contributed by atoms with van der Waals surface area (Å²) in [5.74, 6) is -0.428. The molecule has 4 heteroatoms. The van der Waals surface area contributed by atoms with E-state index < -0.39 is 0 Å². The van der Waals surface area contributed by atoms with Crippen molar-refractivity contribution in [1.82, 2.24) is 5.32 Å². The number of carbonyl (C=O) groups excluding carboxylic acids is 1. The zero-order valence-electron chi connectivity index (χ0n) is 11.8. The zero-order valence-corrected chi connectivity index (χ0v) is 11.8. The molecule has 0 fully saturated rings. The lowest BCUT2D eigenvalue weighted by atomic mass is 10.0. The van der Waals surface area contributed by atoms with Gasteiger partial charge in [0.15, 0.2) is 0 Å². The number of ether oxygens (including phenoxy) is 1.